The molecule has 0 aromatic heterocycles. The maximum atomic E-state index is 12.0. The fourth-order valence-electron chi connectivity index (χ4n) is 1.44. The first-order valence-electron chi connectivity index (χ1n) is 6.42. The topological polar surface area (TPSA) is 58.2 Å². The van der Waals surface area contributed by atoms with Crippen LogP contribution in [0.5, 0.6) is 0 Å². The Hall–Kier alpha value is -1.84. The molecule has 0 aliphatic heterocycles. The van der Waals surface area contributed by atoms with Crippen LogP contribution in [0.4, 0.5) is 5.69 Å². The van der Waals surface area contributed by atoms with E-state index in [-0.39, 0.29) is 23.3 Å². The monoisotopic (exact) mass is 262 g/mol. The highest BCUT2D eigenvalue weighted by Gasteiger charge is 2.15. The van der Waals surface area contributed by atoms with Crippen molar-refractivity contribution in [2.24, 2.45) is 5.92 Å². The Balaban J connectivity index is 2.83. The van der Waals surface area contributed by atoms with Crippen molar-refractivity contribution in [1.29, 1.82) is 0 Å². The molecule has 0 saturated heterocycles. The zero-order chi connectivity index (χ0) is 14.6. The summed E-state index contributed by atoms with van der Waals surface area (Å²) in [6, 6.07) is 6.94. The lowest BCUT2D eigenvalue weighted by atomic mass is 10.1. The molecule has 0 radical (unpaired) electrons. The van der Waals surface area contributed by atoms with Gasteiger partial charge in [0.15, 0.2) is 0 Å². The second kappa shape index (κ2) is 5.87. The quantitative estimate of drug-likeness (QED) is 0.880. The van der Waals surface area contributed by atoms with Gasteiger partial charge in [-0.05, 0) is 39.0 Å². The van der Waals surface area contributed by atoms with Crippen molar-refractivity contribution in [1.82, 2.24) is 5.32 Å². The van der Waals surface area contributed by atoms with Gasteiger partial charge >= 0.3 is 0 Å². The zero-order valence-electron chi connectivity index (χ0n) is 12.2. The van der Waals surface area contributed by atoms with Gasteiger partial charge in [0, 0.05) is 22.7 Å². The maximum Gasteiger partial charge on any atom is 0.251 e. The number of hydrogen-bond acceptors (Lipinski definition) is 2. The number of rotatable bonds is 3. The Morgan fingerprint density at radius 3 is 2.32 bits per heavy atom. The number of anilines is 1. The van der Waals surface area contributed by atoms with E-state index in [1.54, 1.807) is 24.3 Å². The minimum atomic E-state index is -0.283. The summed E-state index contributed by atoms with van der Waals surface area (Å²) in [5, 5.41) is 5.67. The van der Waals surface area contributed by atoms with Crippen LogP contribution < -0.4 is 10.6 Å². The molecule has 0 fully saturated rings. The van der Waals surface area contributed by atoms with Crippen molar-refractivity contribution in [3.05, 3.63) is 29.8 Å². The highest BCUT2D eigenvalue weighted by atomic mass is 16.2. The molecule has 2 N–H and O–H groups in total. The van der Waals surface area contributed by atoms with E-state index >= 15 is 0 Å². The van der Waals surface area contributed by atoms with Crippen LogP contribution in [0, 0.1) is 5.92 Å². The normalized spacial score (nSPS) is 11.3. The first-order valence-corrected chi connectivity index (χ1v) is 6.42. The summed E-state index contributed by atoms with van der Waals surface area (Å²) in [6.45, 7) is 9.43. The molecule has 4 nitrogen and oxygen atoms in total. The molecule has 4 heteroatoms. The van der Waals surface area contributed by atoms with Crippen molar-refractivity contribution >= 4 is 17.5 Å². The molecule has 0 spiro atoms. The Morgan fingerprint density at radius 2 is 1.79 bits per heavy atom. The standard InChI is InChI=1S/C15H22N2O2/c1-10(2)13(18)16-12-8-6-7-11(9-12)14(19)17-15(3,4)5/h6-10H,1-5H3,(H,16,18)(H,17,19). The predicted octanol–water partition coefficient (Wildman–Crippen LogP) is 2.81. The average Bonchev–Trinajstić information content (AvgIpc) is 2.27. The van der Waals surface area contributed by atoms with E-state index in [0.29, 0.717) is 11.3 Å². The molecule has 0 heterocycles. The summed E-state index contributed by atoms with van der Waals surface area (Å²) < 4.78 is 0. The molecule has 0 aliphatic carbocycles. The number of carbonyl (C=O) groups is 2. The van der Waals surface area contributed by atoms with Gasteiger partial charge in [-0.3, -0.25) is 9.59 Å². The molecule has 0 atom stereocenters. The first-order chi connectivity index (χ1) is 8.69. The van der Waals surface area contributed by atoms with Crippen LogP contribution in [0.15, 0.2) is 24.3 Å². The summed E-state index contributed by atoms with van der Waals surface area (Å²) in [5.41, 5.74) is 0.894. The summed E-state index contributed by atoms with van der Waals surface area (Å²) in [4.78, 5) is 23.6. The number of amides is 2. The minimum Gasteiger partial charge on any atom is -0.347 e. The van der Waals surface area contributed by atoms with Crippen molar-refractivity contribution in [3.63, 3.8) is 0 Å². The summed E-state index contributed by atoms with van der Waals surface area (Å²) in [7, 11) is 0. The predicted molar refractivity (Wildman–Crippen MR) is 77.1 cm³/mol. The highest BCUT2D eigenvalue weighted by molar-refractivity contribution is 5.97. The van der Waals surface area contributed by atoms with E-state index in [0.717, 1.165) is 0 Å². The van der Waals surface area contributed by atoms with E-state index in [1.165, 1.54) is 0 Å². The minimum absolute atomic E-state index is 0.0617. The second-order valence-electron chi connectivity index (χ2n) is 5.93. The third-order valence-electron chi connectivity index (χ3n) is 2.41. The van der Waals surface area contributed by atoms with Gasteiger partial charge in [-0.15, -0.1) is 0 Å². The van der Waals surface area contributed by atoms with Crippen LogP contribution in [-0.4, -0.2) is 17.4 Å². The zero-order valence-corrected chi connectivity index (χ0v) is 12.2. The van der Waals surface area contributed by atoms with Gasteiger partial charge < -0.3 is 10.6 Å². The van der Waals surface area contributed by atoms with Crippen molar-refractivity contribution < 1.29 is 9.59 Å². The third kappa shape index (κ3) is 5.12. The van der Waals surface area contributed by atoms with Crippen LogP contribution in [-0.2, 0) is 4.79 Å². The van der Waals surface area contributed by atoms with Crippen molar-refractivity contribution in [3.8, 4) is 0 Å². The number of carbonyl (C=O) groups excluding carboxylic acids is 2. The molecule has 0 aliphatic rings. The molecule has 1 rings (SSSR count). The summed E-state index contributed by atoms with van der Waals surface area (Å²) in [5.74, 6) is -0.298. The van der Waals surface area contributed by atoms with Crippen LogP contribution in [0.1, 0.15) is 45.0 Å². The van der Waals surface area contributed by atoms with Crippen LogP contribution in [0.2, 0.25) is 0 Å². The van der Waals surface area contributed by atoms with Gasteiger partial charge in [-0.25, -0.2) is 0 Å². The van der Waals surface area contributed by atoms with Crippen LogP contribution in [0.25, 0.3) is 0 Å². The molecule has 0 unspecified atom stereocenters. The lowest BCUT2D eigenvalue weighted by molar-refractivity contribution is -0.118. The average molecular weight is 262 g/mol. The Bertz CT molecular complexity index is 473. The lowest BCUT2D eigenvalue weighted by Crippen LogP contribution is -2.40. The molecule has 1 aromatic carbocycles. The van der Waals surface area contributed by atoms with E-state index in [9.17, 15) is 9.59 Å². The molecule has 1 aromatic rings. The van der Waals surface area contributed by atoms with Crippen LogP contribution >= 0.6 is 0 Å². The van der Waals surface area contributed by atoms with Gasteiger partial charge in [0.05, 0.1) is 0 Å². The van der Waals surface area contributed by atoms with Gasteiger partial charge in [0.2, 0.25) is 5.91 Å². The Labute approximate surface area is 114 Å². The van der Waals surface area contributed by atoms with E-state index in [1.807, 2.05) is 34.6 Å². The molecule has 0 bridgehead atoms. The fourth-order valence-corrected chi connectivity index (χ4v) is 1.44. The first kappa shape index (κ1) is 15.2. The van der Waals surface area contributed by atoms with Gasteiger partial charge in [0.1, 0.15) is 0 Å². The molecule has 19 heavy (non-hydrogen) atoms. The van der Waals surface area contributed by atoms with E-state index in [4.69, 9.17) is 0 Å². The van der Waals surface area contributed by atoms with Gasteiger partial charge in [0.25, 0.3) is 5.91 Å². The van der Waals surface area contributed by atoms with Gasteiger partial charge in [-0.1, -0.05) is 19.9 Å². The van der Waals surface area contributed by atoms with Crippen LogP contribution in [0.3, 0.4) is 0 Å². The number of benzene rings is 1. The summed E-state index contributed by atoms with van der Waals surface area (Å²) in [6.07, 6.45) is 0. The SMILES string of the molecule is CC(C)C(=O)Nc1cccc(C(=O)NC(C)(C)C)c1. The molecular formula is C15H22N2O2. The van der Waals surface area contributed by atoms with E-state index in [2.05, 4.69) is 10.6 Å². The smallest absolute Gasteiger partial charge is 0.251 e. The Kier molecular flexibility index (Phi) is 4.70. The number of hydrogen-bond donors (Lipinski definition) is 2. The lowest BCUT2D eigenvalue weighted by Gasteiger charge is -2.20. The molecular weight excluding hydrogens is 240 g/mol. The molecule has 2 amide bonds. The second-order valence-corrected chi connectivity index (χ2v) is 5.93. The maximum absolute atomic E-state index is 12.0. The highest BCUT2D eigenvalue weighted by Crippen LogP contribution is 2.13. The third-order valence-corrected chi connectivity index (χ3v) is 2.41. The van der Waals surface area contributed by atoms with Crippen molar-refractivity contribution in [2.75, 3.05) is 5.32 Å². The number of nitrogens with one attached hydrogen (secondary N) is 2. The van der Waals surface area contributed by atoms with Crippen molar-refractivity contribution in [2.45, 2.75) is 40.2 Å². The molecule has 104 valence electrons. The summed E-state index contributed by atoms with van der Waals surface area (Å²) >= 11 is 0. The fraction of sp³-hybridized carbons (Fsp3) is 0.467. The largest absolute Gasteiger partial charge is 0.347 e. The van der Waals surface area contributed by atoms with E-state index < -0.39 is 0 Å². The van der Waals surface area contributed by atoms with Gasteiger partial charge in [-0.2, -0.15) is 0 Å². The Morgan fingerprint density at radius 1 is 1.16 bits per heavy atom. The molecule has 0 saturated carbocycles.